The summed E-state index contributed by atoms with van der Waals surface area (Å²) in [6.07, 6.45) is -17.3. The van der Waals surface area contributed by atoms with Crippen LogP contribution in [0.15, 0.2) is 77.3 Å². The van der Waals surface area contributed by atoms with Crippen molar-refractivity contribution in [1.82, 2.24) is 41.5 Å². The van der Waals surface area contributed by atoms with E-state index in [0.29, 0.717) is 56.9 Å². The van der Waals surface area contributed by atoms with Crippen molar-refractivity contribution in [2.75, 3.05) is 19.7 Å². The van der Waals surface area contributed by atoms with Gasteiger partial charge in [-0.3, -0.25) is 42.9 Å². The van der Waals surface area contributed by atoms with Crippen molar-refractivity contribution < 1.29 is 111 Å². The van der Waals surface area contributed by atoms with Crippen LogP contribution in [0.3, 0.4) is 0 Å². The first kappa shape index (κ1) is 68.1. The zero-order valence-electron chi connectivity index (χ0n) is 48.1. The Morgan fingerprint density at radius 1 is 0.787 bits per heavy atom. The van der Waals surface area contributed by atoms with Crippen molar-refractivity contribution >= 4 is 57.7 Å². The molecule has 0 unspecified atom stereocenters. The Labute approximate surface area is 507 Å². The zero-order valence-corrected chi connectivity index (χ0v) is 48.9. The molecule has 89 heavy (non-hydrogen) atoms. The van der Waals surface area contributed by atoms with E-state index in [9.17, 15) is 97.3 Å². The number of aromatic nitrogens is 1. The molecular weight excluding hydrogens is 1200 g/mol. The average Bonchev–Trinajstić information content (AvgIpc) is 2.76. The number of nitrogens with one attached hydrogen (secondary N) is 5. The molecule has 3 aromatic carbocycles. The van der Waals surface area contributed by atoms with Gasteiger partial charge in [-0.15, -0.1) is 0 Å². The molecule has 33 heteroatoms. The van der Waals surface area contributed by atoms with Gasteiger partial charge in [0.25, 0.3) is 5.91 Å². The van der Waals surface area contributed by atoms with Crippen molar-refractivity contribution in [2.24, 2.45) is 11.7 Å². The van der Waals surface area contributed by atoms with E-state index in [1.165, 1.54) is 31.2 Å². The number of phenols is 1. The minimum absolute atomic E-state index is 0.107. The Morgan fingerprint density at radius 2 is 1.43 bits per heavy atom. The summed E-state index contributed by atoms with van der Waals surface area (Å²) in [5.74, 6) is -12.9. The molecule has 484 valence electrons. The number of nitrogens with two attached hydrogens (primary N) is 1. The number of carbonyl (C=O) groups excluding carboxylic acids is 8. The maximum atomic E-state index is 14.7. The van der Waals surface area contributed by atoms with E-state index in [2.05, 4.69) is 32.2 Å². The fourth-order valence-electron chi connectivity index (χ4n) is 10.3. The molecule has 0 bridgehead atoms. The number of phenolic OH excluding ortho intramolecular Hbond substituents is 1. The number of primary amides is 1. The second-order valence-electron chi connectivity index (χ2n) is 21.9. The van der Waals surface area contributed by atoms with Crippen LogP contribution in [0.25, 0.3) is 22.6 Å². The van der Waals surface area contributed by atoms with Crippen LogP contribution in [0.5, 0.6) is 17.2 Å². The molecule has 0 saturated carbocycles. The summed E-state index contributed by atoms with van der Waals surface area (Å²) in [7, 11) is -5.35. The van der Waals surface area contributed by atoms with Gasteiger partial charge in [-0.25, -0.2) is 0 Å². The maximum Gasteiger partial charge on any atom is 0.446 e. The molecule has 15 atom stereocenters. The van der Waals surface area contributed by atoms with E-state index in [1.54, 1.807) is 30.3 Å². The molecule has 7 rings (SSSR count). The van der Waals surface area contributed by atoms with Crippen LogP contribution in [0.4, 0.5) is 0 Å². The van der Waals surface area contributed by atoms with Crippen molar-refractivity contribution in [3.63, 3.8) is 0 Å². The van der Waals surface area contributed by atoms with Crippen LogP contribution in [0.2, 0.25) is 0 Å². The van der Waals surface area contributed by atoms with Gasteiger partial charge < -0.3 is 102 Å². The van der Waals surface area contributed by atoms with Crippen LogP contribution < -0.4 is 41.2 Å². The molecule has 4 aromatic rings. The topological polar surface area (TPSA) is 510 Å². The van der Waals surface area contributed by atoms with Crippen LogP contribution in [-0.4, -0.2) is 220 Å². The minimum atomic E-state index is -5.35. The Balaban J connectivity index is 1.22. The highest BCUT2D eigenvalue weighted by Gasteiger charge is 2.51. The Morgan fingerprint density at radius 3 is 2.07 bits per heavy atom. The third kappa shape index (κ3) is 16.9. The summed E-state index contributed by atoms with van der Waals surface area (Å²) in [5, 5.41) is 116. The lowest BCUT2D eigenvalue weighted by atomic mass is 9.96. The molecule has 4 heterocycles. The molecule has 3 aliphatic rings. The molecule has 3 aliphatic heterocycles. The normalized spacial score (nSPS) is 26.4. The number of hydrogen-bond acceptors (Lipinski definition) is 23. The van der Waals surface area contributed by atoms with E-state index in [-0.39, 0.29) is 5.56 Å². The highest BCUT2D eigenvalue weighted by molar-refractivity contribution is 7.81. The SMILES string of the molecule is CCCCCOc1ccc(-c2cc(-c3ccc(C(=O)N[C@@H]4C[C@H](O)[C@@H](O)NC(=O)[C@H]5[C@H](O)[C@H](C)CN5C(=O)[C@@H]([C@@H](O)CC(N)=O)NC(=O)[C@@H]([C@H](O)[C@@H](O)c5ccc(O)c(OS(=O)(=O)O)c5)NC(=O)[C@H]5C[C@H](O)CN5C(=O)[C@@H]([C@@H](C)O)NC4=O)cc3)no2)cc1. The minimum Gasteiger partial charge on any atom is -0.504 e. The summed E-state index contributed by atoms with van der Waals surface area (Å²) in [6, 6.07) is 3.52. The lowest BCUT2D eigenvalue weighted by Gasteiger charge is -2.34. The van der Waals surface area contributed by atoms with E-state index in [4.69, 9.17) is 15.0 Å². The van der Waals surface area contributed by atoms with Gasteiger partial charge in [0.1, 0.15) is 66.0 Å². The number of carbonyl (C=O) groups is 8. The van der Waals surface area contributed by atoms with E-state index in [1.807, 2.05) is 10.6 Å². The largest absolute Gasteiger partial charge is 0.504 e. The van der Waals surface area contributed by atoms with Crippen LogP contribution in [-0.2, 0) is 44.0 Å². The smallest absolute Gasteiger partial charge is 0.446 e. The third-order valence-corrected chi connectivity index (χ3v) is 15.6. The van der Waals surface area contributed by atoms with E-state index in [0.717, 1.165) is 32.3 Å². The lowest BCUT2D eigenvalue weighted by molar-refractivity contribution is -0.149. The van der Waals surface area contributed by atoms with E-state index < -0.39 is 198 Å². The first-order valence-corrected chi connectivity index (χ1v) is 29.5. The fourth-order valence-corrected chi connectivity index (χ4v) is 10.7. The van der Waals surface area contributed by atoms with Gasteiger partial charge in [-0.05, 0) is 67.4 Å². The molecule has 3 saturated heterocycles. The number of unbranched alkanes of at least 4 members (excludes halogenated alkanes) is 2. The molecule has 1 aromatic heterocycles. The lowest BCUT2D eigenvalue weighted by Crippen LogP contribution is -2.64. The van der Waals surface area contributed by atoms with Crippen molar-refractivity contribution in [3.05, 3.63) is 83.9 Å². The molecule has 3 fully saturated rings. The predicted octanol–water partition coefficient (Wildman–Crippen LogP) is -3.90. The second kappa shape index (κ2) is 29.3. The first-order chi connectivity index (χ1) is 42.0. The van der Waals surface area contributed by atoms with Gasteiger partial charge in [0.05, 0.1) is 37.4 Å². The Kier molecular flexibility index (Phi) is 22.4. The number of rotatable bonds is 18. The maximum absolute atomic E-state index is 14.7. The monoisotopic (exact) mass is 1270 g/mol. The van der Waals surface area contributed by atoms with Gasteiger partial charge in [0.15, 0.2) is 23.5 Å². The molecule has 0 spiro atoms. The average molecular weight is 1270 g/mol. The molecule has 32 nitrogen and oxygen atoms in total. The molecular formula is C56H71N9O23S. The number of fused-ring (bicyclic) bond motifs is 2. The van der Waals surface area contributed by atoms with Crippen molar-refractivity contribution in [1.29, 1.82) is 0 Å². The van der Waals surface area contributed by atoms with Crippen molar-refractivity contribution in [2.45, 2.75) is 145 Å². The Bertz CT molecular complexity index is 3340. The summed E-state index contributed by atoms with van der Waals surface area (Å²) in [6.45, 7) is 3.74. The predicted molar refractivity (Wildman–Crippen MR) is 304 cm³/mol. The highest BCUT2D eigenvalue weighted by Crippen LogP contribution is 2.34. The summed E-state index contributed by atoms with van der Waals surface area (Å²) in [5.41, 5.74) is 6.17. The van der Waals surface area contributed by atoms with E-state index >= 15 is 0 Å². The second-order valence-corrected chi connectivity index (χ2v) is 22.9. The van der Waals surface area contributed by atoms with Crippen molar-refractivity contribution in [3.8, 4) is 39.8 Å². The number of benzene rings is 3. The summed E-state index contributed by atoms with van der Waals surface area (Å²) < 4.78 is 48.1. The summed E-state index contributed by atoms with van der Waals surface area (Å²) >= 11 is 0. The van der Waals surface area contributed by atoms with Gasteiger partial charge in [0.2, 0.25) is 41.4 Å². The Hall–Kier alpha value is -8.38. The standard InChI is InChI=1S/C56H71N9O23S/c1-4-5-6-17-86-32-14-11-28(12-15-32)39-21-33(63-87-39)27-7-9-29(10-8-27)49(75)58-34-20-38(70)52(78)62-54(80)45-46(72)25(2)23-65(45)56(82)43(37(69)22-41(57)71)60-53(79)44(48(74)47(73)30-13-16-36(68)40(18-30)88-89(83,84)85)61-51(77)35-19-31(67)24-64(35)55(81)42(26(3)66)59-50(34)76/h7-16,18,21,25-26,31,34-35,37-38,42-48,52,66-70,72-74,78H,4-6,17,19-20,22-24H2,1-3H3,(H2,57,71)(H,58,75)(H,59,76)(H,60,79)(H,61,77)(H,62,80)(H,83,84,85)/t25-,26-,31+,34-,35-,37+,38+,42-,43-,44-,45-,46-,47+,48+,52-/m1/s1. The zero-order chi connectivity index (χ0) is 65.3. The third-order valence-electron chi connectivity index (χ3n) is 15.2. The molecule has 0 radical (unpaired) electrons. The van der Waals surface area contributed by atoms with Gasteiger partial charge in [0, 0.05) is 54.6 Å². The van der Waals surface area contributed by atoms with Crippen LogP contribution >= 0.6 is 0 Å². The number of aliphatic hydroxyl groups excluding tert-OH is 8. The number of aromatic hydroxyl groups is 1. The van der Waals surface area contributed by atoms with Crippen LogP contribution in [0.1, 0.15) is 81.3 Å². The number of aliphatic hydroxyl groups is 8. The summed E-state index contributed by atoms with van der Waals surface area (Å²) in [4.78, 5) is 115. The number of ether oxygens (including phenoxy) is 1. The number of nitrogens with zero attached hydrogens (tertiary/aromatic N) is 3. The molecule has 8 amide bonds. The van der Waals surface area contributed by atoms with Crippen LogP contribution in [0, 0.1) is 5.92 Å². The van der Waals surface area contributed by atoms with Gasteiger partial charge in [-0.1, -0.05) is 50.0 Å². The highest BCUT2D eigenvalue weighted by atomic mass is 32.3. The molecule has 17 N–H and O–H groups in total. The molecule has 0 aliphatic carbocycles. The first-order valence-electron chi connectivity index (χ1n) is 28.1. The number of amides is 8. The fraction of sp³-hybridized carbons (Fsp3) is 0.482. The van der Waals surface area contributed by atoms with Gasteiger partial charge in [-0.2, -0.15) is 8.42 Å². The number of hydrogen-bond donors (Lipinski definition) is 16. The van der Waals surface area contributed by atoms with Gasteiger partial charge >= 0.3 is 10.4 Å². The quantitative estimate of drug-likeness (QED) is 0.0334.